The van der Waals surface area contributed by atoms with Crippen molar-refractivity contribution in [1.29, 1.82) is 0 Å². The third-order valence-corrected chi connectivity index (χ3v) is 4.20. The van der Waals surface area contributed by atoms with Crippen LogP contribution in [0.2, 0.25) is 0 Å². The van der Waals surface area contributed by atoms with Crippen molar-refractivity contribution in [3.8, 4) is 0 Å². The van der Waals surface area contributed by atoms with Gasteiger partial charge in [0.1, 0.15) is 0 Å². The van der Waals surface area contributed by atoms with Crippen LogP contribution in [0.1, 0.15) is 59.8 Å². The average molecular weight is 239 g/mol. The van der Waals surface area contributed by atoms with Gasteiger partial charge >= 0.3 is 0 Å². The van der Waals surface area contributed by atoms with Crippen LogP contribution in [-0.4, -0.2) is 23.9 Å². The summed E-state index contributed by atoms with van der Waals surface area (Å²) in [6.07, 6.45) is 6.40. The van der Waals surface area contributed by atoms with Crippen LogP contribution in [0.25, 0.3) is 0 Å². The summed E-state index contributed by atoms with van der Waals surface area (Å²) >= 11 is 0. The molecule has 0 saturated carbocycles. The summed E-state index contributed by atoms with van der Waals surface area (Å²) in [6, 6.07) is 0. The monoisotopic (exact) mass is 239 g/mol. The summed E-state index contributed by atoms with van der Waals surface area (Å²) in [5.74, 6) is 2.24. The van der Waals surface area contributed by atoms with Gasteiger partial charge in [0.15, 0.2) is 0 Å². The zero-order chi connectivity index (χ0) is 12.8. The Hall–Kier alpha value is -0.530. The van der Waals surface area contributed by atoms with E-state index in [1.165, 1.54) is 32.1 Å². The number of carbonyl (C=O) groups excluding carboxylic acids is 1. The van der Waals surface area contributed by atoms with Crippen LogP contribution in [0.3, 0.4) is 0 Å². The molecule has 17 heavy (non-hydrogen) atoms. The molecule has 1 atom stereocenters. The largest absolute Gasteiger partial charge is 0.342 e. The highest BCUT2D eigenvalue weighted by Crippen LogP contribution is 2.30. The SMILES string of the molecule is CCCC(CC)C1CCN(C(=O)C(C)C)CC1. The summed E-state index contributed by atoms with van der Waals surface area (Å²) < 4.78 is 0. The van der Waals surface area contributed by atoms with E-state index in [1.54, 1.807) is 0 Å². The first-order valence-electron chi connectivity index (χ1n) is 7.38. The fourth-order valence-electron chi connectivity index (χ4n) is 3.10. The summed E-state index contributed by atoms with van der Waals surface area (Å²) in [5, 5.41) is 0. The Bertz CT molecular complexity index is 229. The Morgan fingerprint density at radius 2 is 1.82 bits per heavy atom. The quantitative estimate of drug-likeness (QED) is 0.716. The number of hydrogen-bond acceptors (Lipinski definition) is 1. The first kappa shape index (κ1) is 14.5. The molecule has 0 aromatic rings. The number of hydrogen-bond donors (Lipinski definition) is 0. The molecule has 0 aromatic heterocycles. The summed E-state index contributed by atoms with van der Waals surface area (Å²) in [7, 11) is 0. The van der Waals surface area contributed by atoms with Crippen LogP contribution >= 0.6 is 0 Å². The molecular weight excluding hydrogens is 210 g/mol. The third kappa shape index (κ3) is 4.01. The van der Waals surface area contributed by atoms with Gasteiger partial charge in [-0.2, -0.15) is 0 Å². The molecule has 1 aliphatic rings. The Kier molecular flexibility index (Phi) is 6.01. The van der Waals surface area contributed by atoms with E-state index in [9.17, 15) is 4.79 Å². The molecule has 1 fully saturated rings. The molecule has 2 heteroatoms. The number of carbonyl (C=O) groups is 1. The van der Waals surface area contributed by atoms with Crippen LogP contribution in [0.15, 0.2) is 0 Å². The van der Waals surface area contributed by atoms with Gasteiger partial charge in [0.25, 0.3) is 0 Å². The molecule has 0 aliphatic carbocycles. The molecular formula is C15H29NO. The van der Waals surface area contributed by atoms with E-state index in [0.29, 0.717) is 5.91 Å². The summed E-state index contributed by atoms with van der Waals surface area (Å²) in [4.78, 5) is 14.0. The normalized spacial score (nSPS) is 19.7. The predicted molar refractivity (Wildman–Crippen MR) is 72.8 cm³/mol. The van der Waals surface area contributed by atoms with E-state index in [1.807, 2.05) is 13.8 Å². The molecule has 0 aromatic carbocycles. The number of likely N-dealkylation sites (tertiary alicyclic amines) is 1. The summed E-state index contributed by atoms with van der Waals surface area (Å²) in [5.41, 5.74) is 0. The molecule has 0 N–H and O–H groups in total. The topological polar surface area (TPSA) is 20.3 Å². The molecule has 1 amide bonds. The molecule has 1 saturated heterocycles. The van der Waals surface area contributed by atoms with E-state index < -0.39 is 0 Å². The van der Waals surface area contributed by atoms with Gasteiger partial charge < -0.3 is 4.90 Å². The molecule has 1 aliphatic heterocycles. The van der Waals surface area contributed by atoms with Gasteiger partial charge in [0.05, 0.1) is 0 Å². The Labute approximate surface area is 107 Å². The molecule has 2 nitrogen and oxygen atoms in total. The smallest absolute Gasteiger partial charge is 0.225 e. The van der Waals surface area contributed by atoms with E-state index in [0.717, 1.165) is 24.9 Å². The highest BCUT2D eigenvalue weighted by molar-refractivity contribution is 5.78. The zero-order valence-electron chi connectivity index (χ0n) is 12.0. The average Bonchev–Trinajstić information content (AvgIpc) is 2.35. The lowest BCUT2D eigenvalue weighted by atomic mass is 9.80. The minimum absolute atomic E-state index is 0.157. The second-order valence-electron chi connectivity index (χ2n) is 5.77. The van der Waals surface area contributed by atoms with Gasteiger partial charge in [0, 0.05) is 19.0 Å². The van der Waals surface area contributed by atoms with Crippen LogP contribution in [0.5, 0.6) is 0 Å². The van der Waals surface area contributed by atoms with E-state index in [4.69, 9.17) is 0 Å². The van der Waals surface area contributed by atoms with Crippen LogP contribution in [0.4, 0.5) is 0 Å². The molecule has 100 valence electrons. The van der Waals surface area contributed by atoms with Gasteiger partial charge in [-0.15, -0.1) is 0 Å². The second-order valence-corrected chi connectivity index (χ2v) is 5.77. The van der Waals surface area contributed by atoms with Crippen molar-refractivity contribution in [2.75, 3.05) is 13.1 Å². The van der Waals surface area contributed by atoms with Crippen molar-refractivity contribution in [1.82, 2.24) is 4.90 Å². The highest BCUT2D eigenvalue weighted by atomic mass is 16.2. The molecule has 1 rings (SSSR count). The van der Waals surface area contributed by atoms with Crippen LogP contribution in [-0.2, 0) is 4.79 Å². The van der Waals surface area contributed by atoms with E-state index in [-0.39, 0.29) is 5.92 Å². The van der Waals surface area contributed by atoms with E-state index in [2.05, 4.69) is 18.7 Å². The maximum atomic E-state index is 11.9. The maximum Gasteiger partial charge on any atom is 0.225 e. The number of rotatable bonds is 5. The number of amides is 1. The van der Waals surface area contributed by atoms with Crippen LogP contribution < -0.4 is 0 Å². The van der Waals surface area contributed by atoms with Gasteiger partial charge in [-0.3, -0.25) is 4.79 Å². The Morgan fingerprint density at radius 1 is 1.24 bits per heavy atom. The third-order valence-electron chi connectivity index (χ3n) is 4.20. The number of nitrogens with zero attached hydrogens (tertiary/aromatic N) is 1. The number of piperidine rings is 1. The molecule has 0 radical (unpaired) electrons. The second kappa shape index (κ2) is 7.03. The first-order chi connectivity index (χ1) is 8.10. The van der Waals surface area contributed by atoms with E-state index >= 15 is 0 Å². The summed E-state index contributed by atoms with van der Waals surface area (Å²) in [6.45, 7) is 10.6. The minimum Gasteiger partial charge on any atom is -0.342 e. The fourth-order valence-corrected chi connectivity index (χ4v) is 3.10. The van der Waals surface area contributed by atoms with Gasteiger partial charge in [-0.1, -0.05) is 47.0 Å². The van der Waals surface area contributed by atoms with Crippen molar-refractivity contribution < 1.29 is 4.79 Å². The molecule has 1 heterocycles. The van der Waals surface area contributed by atoms with Crippen molar-refractivity contribution in [2.45, 2.75) is 59.8 Å². The fraction of sp³-hybridized carbons (Fsp3) is 0.933. The minimum atomic E-state index is 0.157. The highest BCUT2D eigenvalue weighted by Gasteiger charge is 2.27. The first-order valence-corrected chi connectivity index (χ1v) is 7.38. The zero-order valence-corrected chi connectivity index (χ0v) is 12.0. The van der Waals surface area contributed by atoms with Crippen molar-refractivity contribution in [3.63, 3.8) is 0 Å². The molecule has 0 spiro atoms. The predicted octanol–water partition coefficient (Wildman–Crippen LogP) is 3.71. The molecule has 0 bridgehead atoms. The molecule has 1 unspecified atom stereocenters. The van der Waals surface area contributed by atoms with Gasteiger partial charge in [0.2, 0.25) is 5.91 Å². The van der Waals surface area contributed by atoms with Crippen molar-refractivity contribution in [3.05, 3.63) is 0 Å². The van der Waals surface area contributed by atoms with Crippen molar-refractivity contribution >= 4 is 5.91 Å². The Morgan fingerprint density at radius 3 is 2.24 bits per heavy atom. The van der Waals surface area contributed by atoms with Gasteiger partial charge in [-0.05, 0) is 24.7 Å². The lowest BCUT2D eigenvalue weighted by Crippen LogP contribution is -2.41. The van der Waals surface area contributed by atoms with Gasteiger partial charge in [-0.25, -0.2) is 0 Å². The lowest BCUT2D eigenvalue weighted by Gasteiger charge is -2.36. The lowest BCUT2D eigenvalue weighted by molar-refractivity contribution is -0.136. The standard InChI is InChI=1S/C15H29NO/c1-5-7-13(6-2)14-8-10-16(11-9-14)15(17)12(3)4/h12-14H,5-11H2,1-4H3. The Balaban J connectivity index is 2.41. The van der Waals surface area contributed by atoms with Crippen LogP contribution in [0, 0.1) is 17.8 Å². The van der Waals surface area contributed by atoms with Crippen molar-refractivity contribution in [2.24, 2.45) is 17.8 Å². The maximum absolute atomic E-state index is 11.9.